The number of rotatable bonds is 7. The second-order valence-corrected chi connectivity index (χ2v) is 7.64. The van der Waals surface area contributed by atoms with Gasteiger partial charge in [0.25, 0.3) is 0 Å². The second-order valence-electron chi connectivity index (χ2n) is 5.15. The predicted molar refractivity (Wildman–Crippen MR) is 117 cm³/mol. The lowest BCUT2D eigenvalue weighted by atomic mass is 10.2. The van der Waals surface area contributed by atoms with E-state index in [9.17, 15) is 0 Å². The van der Waals surface area contributed by atoms with Gasteiger partial charge in [0.15, 0.2) is 5.96 Å². The predicted octanol–water partition coefficient (Wildman–Crippen LogP) is 4.23. The van der Waals surface area contributed by atoms with Gasteiger partial charge in [0, 0.05) is 34.8 Å². The van der Waals surface area contributed by atoms with Gasteiger partial charge in [0.05, 0.1) is 6.54 Å². The molecule has 0 fully saturated rings. The number of hydrogen-bond acceptors (Lipinski definition) is 4. The van der Waals surface area contributed by atoms with Crippen molar-refractivity contribution < 1.29 is 0 Å². The summed E-state index contributed by atoms with van der Waals surface area (Å²) < 4.78 is 0. The third-order valence-corrected chi connectivity index (χ3v) is 4.98. The van der Waals surface area contributed by atoms with Crippen molar-refractivity contribution in [3.8, 4) is 0 Å². The summed E-state index contributed by atoms with van der Waals surface area (Å²) in [5.41, 5.74) is 1.30. The van der Waals surface area contributed by atoms with E-state index in [1.807, 2.05) is 18.0 Å². The maximum absolute atomic E-state index is 4.59. The summed E-state index contributed by atoms with van der Waals surface area (Å²) in [7, 11) is 0. The highest BCUT2D eigenvalue weighted by molar-refractivity contribution is 14.0. The molecule has 0 radical (unpaired) electrons. The van der Waals surface area contributed by atoms with Gasteiger partial charge in [0.1, 0.15) is 5.01 Å². The van der Waals surface area contributed by atoms with Crippen LogP contribution in [0.4, 0.5) is 0 Å². The van der Waals surface area contributed by atoms with Gasteiger partial charge in [-0.05, 0) is 32.9 Å². The van der Waals surface area contributed by atoms with Crippen LogP contribution in [-0.4, -0.2) is 29.8 Å². The Bertz CT molecular complexity index is 626. The van der Waals surface area contributed by atoms with Crippen LogP contribution in [-0.2, 0) is 6.54 Å². The molecule has 7 heteroatoms. The van der Waals surface area contributed by atoms with Crippen LogP contribution in [0, 0.1) is 13.8 Å². The Morgan fingerprint density at radius 3 is 2.58 bits per heavy atom. The van der Waals surface area contributed by atoms with Gasteiger partial charge in [-0.15, -0.1) is 47.1 Å². The number of halogens is 1. The molecule has 0 aliphatic heterocycles. The van der Waals surface area contributed by atoms with Crippen molar-refractivity contribution in [2.45, 2.75) is 32.2 Å². The monoisotopic (exact) mass is 476 g/mol. The molecule has 0 atom stereocenters. The van der Waals surface area contributed by atoms with Crippen molar-refractivity contribution in [2.24, 2.45) is 4.99 Å². The molecule has 0 aliphatic rings. The summed E-state index contributed by atoms with van der Waals surface area (Å²) in [5, 5.41) is 7.70. The van der Waals surface area contributed by atoms with Gasteiger partial charge in [-0.3, -0.25) is 0 Å². The van der Waals surface area contributed by atoms with Crippen LogP contribution in [0.2, 0.25) is 0 Å². The fourth-order valence-electron chi connectivity index (χ4n) is 1.94. The smallest absolute Gasteiger partial charge is 0.191 e. The molecule has 0 unspecified atom stereocenters. The molecule has 0 spiro atoms. The van der Waals surface area contributed by atoms with Crippen molar-refractivity contribution >= 4 is 53.0 Å². The van der Waals surface area contributed by atoms with E-state index in [-0.39, 0.29) is 24.0 Å². The van der Waals surface area contributed by atoms with Gasteiger partial charge in [-0.25, -0.2) is 9.98 Å². The number of thiazole rings is 1. The summed E-state index contributed by atoms with van der Waals surface area (Å²) in [5.74, 6) is 1.86. The summed E-state index contributed by atoms with van der Waals surface area (Å²) in [6.07, 6.45) is 1.90. The van der Waals surface area contributed by atoms with Crippen molar-refractivity contribution in [1.29, 1.82) is 0 Å². The molecule has 0 amide bonds. The molecule has 4 nitrogen and oxygen atoms in total. The molecule has 0 saturated carbocycles. The Balaban J connectivity index is 0.00000288. The molecular formula is C17H25IN4S2. The topological polar surface area (TPSA) is 49.3 Å². The number of aromatic nitrogens is 1. The molecule has 2 aromatic rings. The molecule has 2 rings (SSSR count). The minimum Gasteiger partial charge on any atom is -0.357 e. The van der Waals surface area contributed by atoms with E-state index in [2.05, 4.69) is 65.6 Å². The zero-order valence-corrected chi connectivity index (χ0v) is 18.3. The minimum absolute atomic E-state index is 0. The van der Waals surface area contributed by atoms with Crippen LogP contribution >= 0.6 is 47.1 Å². The first-order chi connectivity index (χ1) is 11.2. The zero-order valence-electron chi connectivity index (χ0n) is 14.3. The number of thioether (sulfide) groups is 1. The third-order valence-electron chi connectivity index (χ3n) is 3.07. The van der Waals surface area contributed by atoms with E-state index in [1.165, 1.54) is 15.3 Å². The maximum Gasteiger partial charge on any atom is 0.191 e. The number of aliphatic imine (C=N–C) groups is 1. The van der Waals surface area contributed by atoms with Crippen molar-refractivity contribution in [3.63, 3.8) is 0 Å². The van der Waals surface area contributed by atoms with Gasteiger partial charge in [-0.2, -0.15) is 0 Å². The SMILES string of the molecule is CCNC(=NCc1ncc(C)s1)NCCSc1ccc(C)cc1.I. The van der Waals surface area contributed by atoms with Gasteiger partial charge < -0.3 is 10.6 Å². The first-order valence-electron chi connectivity index (χ1n) is 7.80. The normalized spacial score (nSPS) is 11.0. The Morgan fingerprint density at radius 2 is 1.96 bits per heavy atom. The van der Waals surface area contributed by atoms with Crippen LogP contribution in [0.3, 0.4) is 0 Å². The Hall–Kier alpha value is -0.800. The molecule has 24 heavy (non-hydrogen) atoms. The number of aryl methyl sites for hydroxylation is 2. The summed E-state index contributed by atoms with van der Waals surface area (Å²) >= 11 is 3.55. The maximum atomic E-state index is 4.59. The van der Waals surface area contributed by atoms with E-state index in [1.54, 1.807) is 11.3 Å². The molecule has 132 valence electrons. The summed E-state index contributed by atoms with van der Waals surface area (Å²) in [6.45, 7) is 8.61. The van der Waals surface area contributed by atoms with Crippen LogP contribution in [0.15, 0.2) is 40.4 Å². The fourth-order valence-corrected chi connectivity index (χ4v) is 3.42. The number of guanidine groups is 1. The highest BCUT2D eigenvalue weighted by Gasteiger charge is 2.01. The lowest BCUT2D eigenvalue weighted by Gasteiger charge is -2.10. The molecular weight excluding hydrogens is 451 g/mol. The zero-order chi connectivity index (χ0) is 16.5. The lowest BCUT2D eigenvalue weighted by molar-refractivity contribution is 0.841. The van der Waals surface area contributed by atoms with E-state index in [0.29, 0.717) is 6.54 Å². The van der Waals surface area contributed by atoms with E-state index < -0.39 is 0 Å². The van der Waals surface area contributed by atoms with Crippen LogP contribution in [0.25, 0.3) is 0 Å². The summed E-state index contributed by atoms with van der Waals surface area (Å²) in [6, 6.07) is 8.64. The highest BCUT2D eigenvalue weighted by atomic mass is 127. The molecule has 1 heterocycles. The Labute approximate surface area is 170 Å². The molecule has 1 aromatic heterocycles. The molecule has 0 saturated heterocycles. The van der Waals surface area contributed by atoms with Crippen molar-refractivity contribution in [2.75, 3.05) is 18.8 Å². The van der Waals surface area contributed by atoms with E-state index >= 15 is 0 Å². The van der Waals surface area contributed by atoms with Crippen LogP contribution in [0.1, 0.15) is 22.4 Å². The molecule has 1 aromatic carbocycles. The van der Waals surface area contributed by atoms with E-state index in [4.69, 9.17) is 0 Å². The quantitative estimate of drug-likeness (QED) is 0.207. The van der Waals surface area contributed by atoms with Crippen molar-refractivity contribution in [1.82, 2.24) is 15.6 Å². The largest absolute Gasteiger partial charge is 0.357 e. The van der Waals surface area contributed by atoms with E-state index in [0.717, 1.165) is 29.8 Å². The fraction of sp³-hybridized carbons (Fsp3) is 0.412. The molecule has 0 bridgehead atoms. The molecule has 0 aliphatic carbocycles. The number of nitrogens with one attached hydrogen (secondary N) is 2. The highest BCUT2D eigenvalue weighted by Crippen LogP contribution is 2.17. The van der Waals surface area contributed by atoms with Gasteiger partial charge in [-0.1, -0.05) is 17.7 Å². The number of nitrogens with zero attached hydrogens (tertiary/aromatic N) is 2. The van der Waals surface area contributed by atoms with Crippen LogP contribution < -0.4 is 10.6 Å². The lowest BCUT2D eigenvalue weighted by Crippen LogP contribution is -2.38. The average Bonchev–Trinajstić information content (AvgIpc) is 2.96. The third kappa shape index (κ3) is 7.85. The van der Waals surface area contributed by atoms with Gasteiger partial charge >= 0.3 is 0 Å². The Morgan fingerprint density at radius 1 is 1.21 bits per heavy atom. The number of hydrogen-bond donors (Lipinski definition) is 2. The summed E-state index contributed by atoms with van der Waals surface area (Å²) in [4.78, 5) is 11.5. The first kappa shape index (κ1) is 21.2. The van der Waals surface area contributed by atoms with Gasteiger partial charge in [0.2, 0.25) is 0 Å². The minimum atomic E-state index is 0. The second kappa shape index (κ2) is 11.7. The standard InChI is InChI=1S/C17H24N4S2.HI/c1-4-18-17(21-12-16-20-11-14(3)23-16)19-9-10-22-15-7-5-13(2)6-8-15;/h5-8,11H,4,9-10,12H2,1-3H3,(H2,18,19,21);1H. The first-order valence-corrected chi connectivity index (χ1v) is 9.60. The Kier molecular flexibility index (Phi) is 10.4. The van der Waals surface area contributed by atoms with Crippen molar-refractivity contribution in [3.05, 3.63) is 45.9 Å². The number of benzene rings is 1. The average molecular weight is 476 g/mol. The molecule has 2 N–H and O–H groups in total. The van der Waals surface area contributed by atoms with Crippen LogP contribution in [0.5, 0.6) is 0 Å².